The Labute approximate surface area is 175 Å². The molecule has 7 heteroatoms. The third-order valence-electron chi connectivity index (χ3n) is 4.22. The van der Waals surface area contributed by atoms with E-state index in [0.717, 1.165) is 16.2 Å². The van der Waals surface area contributed by atoms with Crippen LogP contribution in [0, 0.1) is 0 Å². The molecule has 0 aliphatic rings. The van der Waals surface area contributed by atoms with Crippen molar-refractivity contribution in [2.45, 2.75) is 22.0 Å². The maximum Gasteiger partial charge on any atom is 0.251 e. The molecule has 0 fully saturated rings. The Morgan fingerprint density at radius 2 is 1.72 bits per heavy atom. The molecule has 0 bridgehead atoms. The van der Waals surface area contributed by atoms with Gasteiger partial charge in [0.2, 0.25) is 0 Å². The van der Waals surface area contributed by atoms with E-state index in [4.69, 9.17) is 0 Å². The van der Waals surface area contributed by atoms with Crippen LogP contribution in [0.25, 0.3) is 0 Å². The summed E-state index contributed by atoms with van der Waals surface area (Å²) in [4.78, 5) is 17.7. The lowest BCUT2D eigenvalue weighted by atomic mass is 10.2. The van der Waals surface area contributed by atoms with Gasteiger partial charge in [0.15, 0.2) is 9.84 Å². The minimum absolute atomic E-state index is 0.00120. The molecule has 1 amide bonds. The number of hydrogen-bond acceptors (Lipinski definition) is 5. The molecule has 3 rings (SSSR count). The van der Waals surface area contributed by atoms with E-state index in [1.54, 1.807) is 60.4 Å². The lowest BCUT2D eigenvalue weighted by Crippen LogP contribution is -2.26. The Kier molecular flexibility index (Phi) is 7.43. The van der Waals surface area contributed by atoms with Crippen LogP contribution in [0.3, 0.4) is 0 Å². The molecule has 0 saturated heterocycles. The molecule has 29 heavy (non-hydrogen) atoms. The second-order valence-corrected chi connectivity index (χ2v) is 9.57. The van der Waals surface area contributed by atoms with Crippen LogP contribution in [0.15, 0.2) is 88.9 Å². The summed E-state index contributed by atoms with van der Waals surface area (Å²) in [5, 5.41) is 2.78. The molecule has 2 aromatic carbocycles. The van der Waals surface area contributed by atoms with E-state index in [1.165, 1.54) is 0 Å². The summed E-state index contributed by atoms with van der Waals surface area (Å²) in [5.41, 5.74) is 1.70. The van der Waals surface area contributed by atoms with Gasteiger partial charge in [-0.05, 0) is 54.4 Å². The summed E-state index contributed by atoms with van der Waals surface area (Å²) in [6.07, 6.45) is 3.95. The number of carbonyl (C=O) groups is 1. The largest absolute Gasteiger partial charge is 0.352 e. The van der Waals surface area contributed by atoms with Gasteiger partial charge in [-0.2, -0.15) is 0 Å². The van der Waals surface area contributed by atoms with E-state index in [-0.39, 0.29) is 11.7 Å². The van der Waals surface area contributed by atoms with E-state index in [0.29, 0.717) is 23.4 Å². The van der Waals surface area contributed by atoms with Gasteiger partial charge in [-0.15, -0.1) is 11.8 Å². The number of carbonyl (C=O) groups excluding carboxylic acids is 1. The highest BCUT2D eigenvalue weighted by Gasteiger charge is 2.13. The average Bonchev–Trinajstić information content (AvgIpc) is 2.77. The van der Waals surface area contributed by atoms with Gasteiger partial charge in [0.05, 0.1) is 10.6 Å². The second kappa shape index (κ2) is 10.2. The van der Waals surface area contributed by atoms with Crippen molar-refractivity contribution >= 4 is 27.5 Å². The minimum Gasteiger partial charge on any atom is -0.352 e. The summed E-state index contributed by atoms with van der Waals surface area (Å²) in [7, 11) is -3.32. The Bertz CT molecular complexity index is 1020. The van der Waals surface area contributed by atoms with Crippen molar-refractivity contribution in [1.29, 1.82) is 0 Å². The maximum absolute atomic E-state index is 12.3. The lowest BCUT2D eigenvalue weighted by molar-refractivity contribution is 0.0953. The van der Waals surface area contributed by atoms with E-state index in [9.17, 15) is 13.2 Å². The molecule has 0 atom stereocenters. The van der Waals surface area contributed by atoms with Crippen molar-refractivity contribution in [3.05, 3.63) is 90.3 Å². The molecule has 1 N–H and O–H groups in total. The fourth-order valence-electron chi connectivity index (χ4n) is 2.66. The van der Waals surface area contributed by atoms with Gasteiger partial charge >= 0.3 is 0 Å². The van der Waals surface area contributed by atoms with E-state index >= 15 is 0 Å². The van der Waals surface area contributed by atoms with Gasteiger partial charge in [-0.25, -0.2) is 8.42 Å². The summed E-state index contributed by atoms with van der Waals surface area (Å²) in [5.74, 6) is 0.613. The number of rotatable bonds is 9. The summed E-state index contributed by atoms with van der Waals surface area (Å²) >= 11 is 1.68. The number of aromatic nitrogens is 1. The first-order chi connectivity index (χ1) is 14.0. The number of hydrogen-bond donors (Lipinski definition) is 1. The van der Waals surface area contributed by atoms with Crippen LogP contribution in [-0.2, 0) is 15.6 Å². The van der Waals surface area contributed by atoms with E-state index in [1.807, 2.05) is 30.5 Å². The van der Waals surface area contributed by atoms with E-state index < -0.39 is 9.84 Å². The fourth-order valence-corrected chi connectivity index (χ4v) is 4.83. The van der Waals surface area contributed by atoms with Crippen molar-refractivity contribution in [3.8, 4) is 0 Å². The molecule has 0 saturated carbocycles. The summed E-state index contributed by atoms with van der Waals surface area (Å²) in [6, 6.07) is 19.7. The van der Waals surface area contributed by atoms with Crippen LogP contribution in [0.5, 0.6) is 0 Å². The third kappa shape index (κ3) is 6.44. The monoisotopic (exact) mass is 426 g/mol. The summed E-state index contributed by atoms with van der Waals surface area (Å²) < 4.78 is 24.5. The first kappa shape index (κ1) is 21.1. The molecular weight excluding hydrogens is 404 g/mol. The maximum atomic E-state index is 12.3. The number of sulfone groups is 1. The van der Waals surface area contributed by atoms with Crippen molar-refractivity contribution in [2.24, 2.45) is 0 Å². The zero-order chi connectivity index (χ0) is 20.5. The summed E-state index contributed by atoms with van der Waals surface area (Å²) in [6.45, 7) is 0.308. The Morgan fingerprint density at radius 1 is 0.966 bits per heavy atom. The number of nitrogens with zero attached hydrogens (tertiary/aromatic N) is 1. The van der Waals surface area contributed by atoms with Crippen molar-refractivity contribution in [3.63, 3.8) is 0 Å². The first-order valence-electron chi connectivity index (χ1n) is 9.22. The topological polar surface area (TPSA) is 76.1 Å². The normalized spacial score (nSPS) is 11.2. The van der Waals surface area contributed by atoms with Gasteiger partial charge in [-0.3, -0.25) is 9.78 Å². The lowest BCUT2D eigenvalue weighted by Gasteiger charge is -2.07. The molecule has 0 unspecified atom stereocenters. The van der Waals surface area contributed by atoms with Crippen LogP contribution in [-0.4, -0.2) is 31.6 Å². The van der Waals surface area contributed by atoms with Gasteiger partial charge < -0.3 is 5.32 Å². The fraction of sp³-hybridized carbons (Fsp3) is 0.182. The molecule has 0 aliphatic carbocycles. The second-order valence-electron chi connectivity index (χ2n) is 6.42. The van der Waals surface area contributed by atoms with Crippen molar-refractivity contribution < 1.29 is 13.2 Å². The molecule has 150 valence electrons. The molecule has 5 nitrogen and oxygen atoms in total. The molecule has 0 spiro atoms. The van der Waals surface area contributed by atoms with Crippen LogP contribution < -0.4 is 5.32 Å². The van der Waals surface area contributed by atoms with Crippen LogP contribution >= 0.6 is 11.8 Å². The standard InChI is InChI=1S/C22H22N2O3S2/c25-22(24-14-5-15-29(26,27)21-7-2-1-3-8-21)19-9-11-20(12-10-19)28-17-18-6-4-13-23-16-18/h1-4,6-13,16H,5,14-15,17H2,(H,24,25). The Balaban J connectivity index is 1.43. The van der Waals surface area contributed by atoms with Gasteiger partial charge in [-0.1, -0.05) is 24.3 Å². The van der Waals surface area contributed by atoms with Crippen molar-refractivity contribution in [1.82, 2.24) is 10.3 Å². The molecule has 3 aromatic rings. The quantitative estimate of drug-likeness (QED) is 0.414. The Morgan fingerprint density at radius 3 is 2.41 bits per heavy atom. The predicted octanol–water partition coefficient (Wildman–Crippen LogP) is 3.97. The van der Waals surface area contributed by atoms with Crippen molar-refractivity contribution in [2.75, 3.05) is 12.3 Å². The van der Waals surface area contributed by atoms with Crippen LogP contribution in [0.1, 0.15) is 22.3 Å². The third-order valence-corrected chi connectivity index (χ3v) is 7.12. The molecule has 1 aromatic heterocycles. The van der Waals surface area contributed by atoms with Gasteiger partial charge in [0.25, 0.3) is 5.91 Å². The number of pyridine rings is 1. The molecule has 1 heterocycles. The molecule has 0 radical (unpaired) electrons. The number of nitrogens with one attached hydrogen (secondary N) is 1. The SMILES string of the molecule is O=C(NCCCS(=O)(=O)c1ccccc1)c1ccc(SCc2cccnc2)cc1. The minimum atomic E-state index is -3.32. The highest BCUT2D eigenvalue weighted by Crippen LogP contribution is 2.22. The van der Waals surface area contributed by atoms with Crippen LogP contribution in [0.4, 0.5) is 0 Å². The zero-order valence-electron chi connectivity index (χ0n) is 15.8. The smallest absolute Gasteiger partial charge is 0.251 e. The number of benzene rings is 2. The molecular formula is C22H22N2O3S2. The highest BCUT2D eigenvalue weighted by atomic mass is 32.2. The average molecular weight is 427 g/mol. The number of amides is 1. The van der Waals surface area contributed by atoms with Gasteiger partial charge in [0.1, 0.15) is 0 Å². The van der Waals surface area contributed by atoms with E-state index in [2.05, 4.69) is 10.3 Å². The number of thioether (sulfide) groups is 1. The van der Waals surface area contributed by atoms with Crippen LogP contribution in [0.2, 0.25) is 0 Å². The highest BCUT2D eigenvalue weighted by molar-refractivity contribution is 7.98. The predicted molar refractivity (Wildman–Crippen MR) is 116 cm³/mol. The zero-order valence-corrected chi connectivity index (χ0v) is 17.5. The first-order valence-corrected chi connectivity index (χ1v) is 11.9. The van der Waals surface area contributed by atoms with Gasteiger partial charge in [0, 0.05) is 35.2 Å². The Hall–Kier alpha value is -2.64. The molecule has 0 aliphatic heterocycles.